The summed E-state index contributed by atoms with van der Waals surface area (Å²) in [7, 11) is 0. The van der Waals surface area contributed by atoms with Crippen LogP contribution in [0.4, 0.5) is 4.39 Å². The number of benzene rings is 1. The molecule has 1 unspecified atom stereocenters. The lowest BCUT2D eigenvalue weighted by Gasteiger charge is -2.16. The summed E-state index contributed by atoms with van der Waals surface area (Å²) in [5.41, 5.74) is 8.84. The largest absolute Gasteiger partial charge is 0.346 e. The van der Waals surface area contributed by atoms with Gasteiger partial charge in [-0.3, -0.25) is 0 Å². The number of pyridine rings is 1. The van der Waals surface area contributed by atoms with Crippen LogP contribution in [0.2, 0.25) is 0 Å². The summed E-state index contributed by atoms with van der Waals surface area (Å²) in [5.74, 6) is -0.0700. The number of H-pyrrole nitrogens is 1. The van der Waals surface area contributed by atoms with Crippen LogP contribution >= 0.6 is 0 Å². The third-order valence-corrected chi connectivity index (χ3v) is 3.59. The molecular weight excluding hydrogens is 253 g/mol. The van der Waals surface area contributed by atoms with E-state index in [2.05, 4.69) is 9.97 Å². The van der Waals surface area contributed by atoms with Crippen LogP contribution in [0, 0.1) is 5.82 Å². The zero-order chi connectivity index (χ0) is 13.9. The minimum atomic E-state index is -0.221. The van der Waals surface area contributed by atoms with E-state index in [0.717, 1.165) is 28.6 Å². The van der Waals surface area contributed by atoms with Crippen LogP contribution in [0.15, 0.2) is 48.8 Å². The first-order valence-corrected chi connectivity index (χ1v) is 6.67. The van der Waals surface area contributed by atoms with Crippen molar-refractivity contribution in [2.24, 2.45) is 5.73 Å². The van der Waals surface area contributed by atoms with Gasteiger partial charge in [0.25, 0.3) is 0 Å². The number of nitrogens with two attached hydrogens (primary N) is 1. The average molecular weight is 269 g/mol. The fraction of sp³-hybridized carbons (Fsp3) is 0.188. The summed E-state index contributed by atoms with van der Waals surface area (Å²) in [6.45, 7) is 0.578. The Kier molecular flexibility index (Phi) is 3.48. The molecule has 1 aromatic carbocycles. The smallest absolute Gasteiger partial charge is 0.137 e. The molecule has 1 atom stereocenters. The number of rotatable bonds is 4. The maximum atomic E-state index is 13.1. The summed E-state index contributed by atoms with van der Waals surface area (Å²) in [4.78, 5) is 7.49. The summed E-state index contributed by atoms with van der Waals surface area (Å²) in [6, 6.07) is 10.6. The molecule has 102 valence electrons. The molecule has 0 radical (unpaired) electrons. The van der Waals surface area contributed by atoms with Crippen molar-refractivity contribution in [2.75, 3.05) is 6.54 Å². The molecule has 0 aliphatic heterocycles. The third kappa shape index (κ3) is 2.30. The molecule has 4 heteroatoms. The Balaban J connectivity index is 2.08. The molecule has 3 rings (SSSR count). The highest BCUT2D eigenvalue weighted by Gasteiger charge is 2.17. The van der Waals surface area contributed by atoms with Crippen molar-refractivity contribution in [1.82, 2.24) is 9.97 Å². The lowest BCUT2D eigenvalue weighted by atomic mass is 9.88. The second kappa shape index (κ2) is 5.43. The lowest BCUT2D eigenvalue weighted by molar-refractivity contribution is 0.625. The summed E-state index contributed by atoms with van der Waals surface area (Å²) >= 11 is 0. The second-order valence-corrected chi connectivity index (χ2v) is 4.83. The highest BCUT2D eigenvalue weighted by Crippen LogP contribution is 2.32. The van der Waals surface area contributed by atoms with Crippen LogP contribution in [0.3, 0.4) is 0 Å². The van der Waals surface area contributed by atoms with Gasteiger partial charge in [0.15, 0.2) is 0 Å². The Morgan fingerprint density at radius 2 is 2.00 bits per heavy atom. The highest BCUT2D eigenvalue weighted by molar-refractivity contribution is 5.80. The number of nitrogens with one attached hydrogen (secondary N) is 1. The molecule has 20 heavy (non-hydrogen) atoms. The summed E-state index contributed by atoms with van der Waals surface area (Å²) < 4.78 is 13.1. The molecule has 0 aliphatic rings. The van der Waals surface area contributed by atoms with Gasteiger partial charge < -0.3 is 10.7 Å². The molecule has 0 saturated carbocycles. The normalized spacial score (nSPS) is 12.7. The van der Waals surface area contributed by atoms with Crippen molar-refractivity contribution in [2.45, 2.75) is 12.3 Å². The van der Waals surface area contributed by atoms with E-state index in [1.54, 1.807) is 6.20 Å². The number of halogens is 1. The van der Waals surface area contributed by atoms with E-state index in [-0.39, 0.29) is 11.7 Å². The van der Waals surface area contributed by atoms with Crippen LogP contribution in [0.5, 0.6) is 0 Å². The zero-order valence-electron chi connectivity index (χ0n) is 11.0. The number of hydrogen-bond acceptors (Lipinski definition) is 2. The maximum absolute atomic E-state index is 13.1. The highest BCUT2D eigenvalue weighted by atomic mass is 19.1. The van der Waals surface area contributed by atoms with Crippen molar-refractivity contribution in [3.8, 4) is 0 Å². The van der Waals surface area contributed by atoms with Crippen molar-refractivity contribution >= 4 is 11.0 Å². The molecule has 2 heterocycles. The Bertz CT molecular complexity index is 703. The Labute approximate surface area is 116 Å². The Morgan fingerprint density at radius 3 is 2.75 bits per heavy atom. The molecule has 0 bridgehead atoms. The van der Waals surface area contributed by atoms with Crippen molar-refractivity contribution in [3.05, 3.63) is 65.7 Å². The average Bonchev–Trinajstić information content (AvgIpc) is 2.90. The first kappa shape index (κ1) is 12.8. The number of hydrogen-bond donors (Lipinski definition) is 2. The molecule has 3 aromatic rings. The monoisotopic (exact) mass is 269 g/mol. The number of aromatic amines is 1. The van der Waals surface area contributed by atoms with Gasteiger partial charge in [-0.1, -0.05) is 12.1 Å². The van der Waals surface area contributed by atoms with E-state index in [1.165, 1.54) is 12.1 Å². The number of aromatic nitrogens is 2. The van der Waals surface area contributed by atoms with E-state index in [0.29, 0.717) is 6.54 Å². The van der Waals surface area contributed by atoms with E-state index in [9.17, 15) is 4.39 Å². The first-order chi connectivity index (χ1) is 9.79. The fourth-order valence-corrected chi connectivity index (χ4v) is 2.63. The standard InChI is InChI=1S/C16H16FN3/c17-12-5-3-11(4-6-12)13(7-8-18)15-10-20-16-14(15)2-1-9-19-16/h1-6,9-10,13H,7-8,18H2,(H,19,20). The van der Waals surface area contributed by atoms with Gasteiger partial charge in [0.1, 0.15) is 11.5 Å². The predicted molar refractivity (Wildman–Crippen MR) is 78.0 cm³/mol. The van der Waals surface area contributed by atoms with Crippen molar-refractivity contribution in [1.29, 1.82) is 0 Å². The SMILES string of the molecule is NCCC(c1ccc(F)cc1)c1c[nH]c2ncccc12. The van der Waals surface area contributed by atoms with Gasteiger partial charge >= 0.3 is 0 Å². The molecule has 3 nitrogen and oxygen atoms in total. The molecule has 0 saturated heterocycles. The summed E-state index contributed by atoms with van der Waals surface area (Å²) in [5, 5.41) is 1.09. The van der Waals surface area contributed by atoms with Gasteiger partial charge in [0.05, 0.1) is 0 Å². The Morgan fingerprint density at radius 1 is 1.20 bits per heavy atom. The first-order valence-electron chi connectivity index (χ1n) is 6.67. The minimum absolute atomic E-state index is 0.151. The van der Waals surface area contributed by atoms with E-state index in [4.69, 9.17) is 5.73 Å². The van der Waals surface area contributed by atoms with E-state index < -0.39 is 0 Å². The fourth-order valence-electron chi connectivity index (χ4n) is 2.63. The quantitative estimate of drug-likeness (QED) is 0.764. The van der Waals surface area contributed by atoms with Gasteiger partial charge in [-0.15, -0.1) is 0 Å². The lowest BCUT2D eigenvalue weighted by Crippen LogP contribution is -2.08. The van der Waals surface area contributed by atoms with Crippen LogP contribution in [-0.2, 0) is 0 Å². The second-order valence-electron chi connectivity index (χ2n) is 4.83. The number of fused-ring (bicyclic) bond motifs is 1. The molecule has 0 amide bonds. The van der Waals surface area contributed by atoms with Gasteiger partial charge in [0, 0.05) is 23.7 Å². The molecule has 0 fully saturated rings. The number of nitrogens with zero attached hydrogens (tertiary/aromatic N) is 1. The molecule has 3 N–H and O–H groups in total. The van der Waals surface area contributed by atoms with E-state index >= 15 is 0 Å². The van der Waals surface area contributed by atoms with Gasteiger partial charge in [-0.2, -0.15) is 0 Å². The molecule has 0 aliphatic carbocycles. The van der Waals surface area contributed by atoms with Crippen LogP contribution in [-0.4, -0.2) is 16.5 Å². The van der Waals surface area contributed by atoms with Gasteiger partial charge in [-0.05, 0) is 48.4 Å². The molecular formula is C16H16FN3. The third-order valence-electron chi connectivity index (χ3n) is 3.59. The van der Waals surface area contributed by atoms with Crippen molar-refractivity contribution < 1.29 is 4.39 Å². The summed E-state index contributed by atoms with van der Waals surface area (Å²) in [6.07, 6.45) is 4.55. The van der Waals surface area contributed by atoms with Crippen LogP contribution in [0.1, 0.15) is 23.5 Å². The van der Waals surface area contributed by atoms with Crippen LogP contribution < -0.4 is 5.73 Å². The van der Waals surface area contributed by atoms with E-state index in [1.807, 2.05) is 30.5 Å². The minimum Gasteiger partial charge on any atom is -0.346 e. The van der Waals surface area contributed by atoms with Crippen LogP contribution in [0.25, 0.3) is 11.0 Å². The maximum Gasteiger partial charge on any atom is 0.137 e. The van der Waals surface area contributed by atoms with Crippen molar-refractivity contribution in [3.63, 3.8) is 0 Å². The molecule has 0 spiro atoms. The van der Waals surface area contributed by atoms with Gasteiger partial charge in [0.2, 0.25) is 0 Å². The molecule has 2 aromatic heterocycles. The Hall–Kier alpha value is -2.20. The predicted octanol–water partition coefficient (Wildman–Crippen LogP) is 3.18. The topological polar surface area (TPSA) is 54.7 Å². The zero-order valence-corrected chi connectivity index (χ0v) is 11.0. The van der Waals surface area contributed by atoms with Gasteiger partial charge in [-0.25, -0.2) is 9.37 Å².